The molecule has 1 amide bonds. The number of unbranched alkanes of at least 4 members (excludes halogenated alkanes) is 23. The summed E-state index contributed by atoms with van der Waals surface area (Å²) >= 11 is 0. The minimum absolute atomic E-state index is 0.149. The molecule has 6 nitrogen and oxygen atoms in total. The summed E-state index contributed by atoms with van der Waals surface area (Å²) in [6.45, 7) is 3.02. The van der Waals surface area contributed by atoms with Gasteiger partial charge in [-0.05, 0) is 19.3 Å². The number of carbonyl (C=O) groups is 1. The predicted molar refractivity (Wildman–Crippen MR) is 188 cm³/mol. The number of nitrogens with one attached hydrogen (secondary N) is 1. The molecule has 0 aliphatic heterocycles. The van der Waals surface area contributed by atoms with Gasteiger partial charge in [-0.1, -0.05) is 154 Å². The zero-order valence-electron chi connectivity index (χ0n) is 29.3. The summed E-state index contributed by atoms with van der Waals surface area (Å²) in [5.41, 5.74) is 0. The lowest BCUT2D eigenvalue weighted by atomic mass is 9.99. The highest BCUT2D eigenvalue weighted by molar-refractivity contribution is 5.76. The molecule has 0 bridgehead atoms. The first-order valence-electron chi connectivity index (χ1n) is 19.3. The first-order chi connectivity index (χ1) is 22.1. The maximum atomic E-state index is 12.4. The molecule has 0 unspecified atom stereocenters. The van der Waals surface area contributed by atoms with E-state index in [-0.39, 0.29) is 12.5 Å². The number of aliphatic hydroxyl groups excluding tert-OH is 3. The Morgan fingerprint density at radius 1 is 0.600 bits per heavy atom. The summed E-state index contributed by atoms with van der Waals surface area (Å²) in [5.74, 6) is -0.149. The van der Waals surface area contributed by atoms with Crippen molar-refractivity contribution >= 4 is 5.91 Å². The third-order valence-corrected chi connectivity index (χ3v) is 9.30. The lowest BCUT2D eigenvalue weighted by molar-refractivity contribution is -0.697. The molecule has 0 aliphatic carbocycles. The molecule has 45 heavy (non-hydrogen) atoms. The number of carbonyl (C=O) groups excluding carboxylic acids is 1. The Hall–Kier alpha value is -1.50. The van der Waals surface area contributed by atoms with Crippen molar-refractivity contribution in [3.8, 4) is 0 Å². The molecule has 1 rings (SSSR count). The molecule has 0 saturated heterocycles. The van der Waals surface area contributed by atoms with E-state index in [9.17, 15) is 20.1 Å². The van der Waals surface area contributed by atoms with E-state index < -0.39 is 18.2 Å². The fourth-order valence-electron chi connectivity index (χ4n) is 6.26. The summed E-state index contributed by atoms with van der Waals surface area (Å²) in [5, 5.41) is 33.4. The van der Waals surface area contributed by atoms with E-state index in [0.717, 1.165) is 45.1 Å². The van der Waals surface area contributed by atoms with Crippen LogP contribution < -0.4 is 9.88 Å². The zero-order chi connectivity index (χ0) is 32.6. The molecule has 0 spiro atoms. The number of amides is 1. The first-order valence-corrected chi connectivity index (χ1v) is 19.3. The molecule has 0 fully saturated rings. The number of pyridine rings is 1. The smallest absolute Gasteiger partial charge is 0.220 e. The van der Waals surface area contributed by atoms with Crippen LogP contribution in [0.25, 0.3) is 0 Å². The standard InChI is InChI=1S/C39H72N2O4/c1-2-3-4-5-6-7-8-12-15-18-21-25-30-37(43)39(45)36(35-42)40-38(44)31-26-22-19-16-13-10-9-11-14-17-20-23-27-32-41-33-28-24-29-34-41/h24,28-29,33-34,36-37,39,42-43,45H,2-23,25-27,30-32,35H2,1H3/p+1/t36-,37+,39+/m0/s1. The minimum Gasteiger partial charge on any atom is -0.394 e. The Labute approximate surface area is 277 Å². The van der Waals surface area contributed by atoms with Gasteiger partial charge in [-0.25, -0.2) is 4.57 Å². The fraction of sp³-hybridized carbons (Fsp3) is 0.846. The normalized spacial score (nSPS) is 13.5. The lowest BCUT2D eigenvalue weighted by Crippen LogP contribution is -2.50. The van der Waals surface area contributed by atoms with Gasteiger partial charge in [-0.3, -0.25) is 4.79 Å². The van der Waals surface area contributed by atoms with Crippen molar-refractivity contribution in [2.45, 2.75) is 205 Å². The average molecular weight is 634 g/mol. The number of hydrogen-bond acceptors (Lipinski definition) is 4. The zero-order valence-corrected chi connectivity index (χ0v) is 29.3. The van der Waals surface area contributed by atoms with Crippen LogP contribution in [0.1, 0.15) is 180 Å². The summed E-state index contributed by atoms with van der Waals surface area (Å²) < 4.78 is 2.26. The van der Waals surface area contributed by atoms with Gasteiger partial charge in [0.1, 0.15) is 12.6 Å². The molecule has 4 N–H and O–H groups in total. The SMILES string of the molecule is CCCCCCCCCCCCCC[C@@H](O)[C@H](O)[C@H](CO)NC(=O)CCCCCCCCCCCCCCC[n+]1ccccc1. The Bertz CT molecular complexity index is 763. The molecule has 262 valence electrons. The largest absolute Gasteiger partial charge is 0.394 e. The Balaban J connectivity index is 1.91. The van der Waals surface area contributed by atoms with E-state index in [0.29, 0.717) is 12.8 Å². The highest BCUT2D eigenvalue weighted by Crippen LogP contribution is 2.16. The van der Waals surface area contributed by atoms with Crippen molar-refractivity contribution in [1.82, 2.24) is 5.32 Å². The lowest BCUT2D eigenvalue weighted by Gasteiger charge is -2.26. The first kappa shape index (κ1) is 41.5. The van der Waals surface area contributed by atoms with Crippen LogP contribution in [0.3, 0.4) is 0 Å². The van der Waals surface area contributed by atoms with E-state index in [4.69, 9.17) is 0 Å². The molecule has 1 heterocycles. The molecule has 0 saturated carbocycles. The van der Waals surface area contributed by atoms with E-state index >= 15 is 0 Å². The van der Waals surface area contributed by atoms with Gasteiger partial charge in [0.05, 0.1) is 18.8 Å². The van der Waals surface area contributed by atoms with Gasteiger partial charge in [0.2, 0.25) is 5.91 Å². The van der Waals surface area contributed by atoms with E-state index in [1.54, 1.807) is 0 Å². The van der Waals surface area contributed by atoms with Crippen LogP contribution in [0.4, 0.5) is 0 Å². The summed E-state index contributed by atoms with van der Waals surface area (Å²) in [4.78, 5) is 12.4. The molecule has 3 atom stereocenters. The molecule has 6 heteroatoms. The van der Waals surface area contributed by atoms with Crippen molar-refractivity contribution in [3.63, 3.8) is 0 Å². The van der Waals surface area contributed by atoms with E-state index in [1.165, 1.54) is 122 Å². The van der Waals surface area contributed by atoms with Crippen molar-refractivity contribution in [2.75, 3.05) is 6.61 Å². The Morgan fingerprint density at radius 2 is 1.02 bits per heavy atom. The molecule has 1 aromatic heterocycles. The third-order valence-electron chi connectivity index (χ3n) is 9.30. The topological polar surface area (TPSA) is 93.7 Å². The summed E-state index contributed by atoms with van der Waals surface area (Å²) in [6, 6.07) is 5.44. The van der Waals surface area contributed by atoms with Crippen molar-refractivity contribution in [1.29, 1.82) is 0 Å². The predicted octanol–water partition coefficient (Wildman–Crippen LogP) is 8.73. The molecular formula is C39H73N2O4+. The molecule has 0 aliphatic rings. The van der Waals surface area contributed by atoms with Crippen molar-refractivity contribution < 1.29 is 24.7 Å². The number of hydrogen-bond donors (Lipinski definition) is 4. The summed E-state index contributed by atoms with van der Waals surface area (Å²) in [7, 11) is 0. The quantitative estimate of drug-likeness (QED) is 0.0460. The van der Waals surface area contributed by atoms with Crippen LogP contribution >= 0.6 is 0 Å². The van der Waals surface area contributed by atoms with Crippen LogP contribution in [0, 0.1) is 0 Å². The number of aliphatic hydroxyl groups is 3. The van der Waals surface area contributed by atoms with Crippen molar-refractivity contribution in [2.24, 2.45) is 0 Å². The Morgan fingerprint density at radius 3 is 1.49 bits per heavy atom. The third kappa shape index (κ3) is 25.3. The van der Waals surface area contributed by atoms with Gasteiger partial charge in [-0.2, -0.15) is 0 Å². The van der Waals surface area contributed by atoms with Crippen LogP contribution in [-0.2, 0) is 11.3 Å². The molecule has 0 radical (unpaired) electrons. The van der Waals surface area contributed by atoms with Gasteiger partial charge in [0.15, 0.2) is 12.4 Å². The van der Waals surface area contributed by atoms with Crippen LogP contribution in [-0.4, -0.2) is 46.1 Å². The van der Waals surface area contributed by atoms with E-state index in [1.807, 2.05) is 0 Å². The van der Waals surface area contributed by atoms with Crippen molar-refractivity contribution in [3.05, 3.63) is 30.6 Å². The van der Waals surface area contributed by atoms with Crippen LogP contribution in [0.2, 0.25) is 0 Å². The average Bonchev–Trinajstić information content (AvgIpc) is 3.05. The second-order valence-corrected chi connectivity index (χ2v) is 13.6. The van der Waals surface area contributed by atoms with Gasteiger partial charge in [0.25, 0.3) is 0 Å². The highest BCUT2D eigenvalue weighted by Gasteiger charge is 2.26. The van der Waals surface area contributed by atoms with Gasteiger partial charge in [0, 0.05) is 25.0 Å². The second kappa shape index (κ2) is 31.1. The van der Waals surface area contributed by atoms with Gasteiger partial charge in [-0.15, -0.1) is 0 Å². The van der Waals surface area contributed by atoms with Crippen LogP contribution in [0.5, 0.6) is 0 Å². The fourth-order valence-corrected chi connectivity index (χ4v) is 6.26. The highest BCUT2D eigenvalue weighted by atomic mass is 16.3. The Kier molecular flexibility index (Phi) is 28.7. The van der Waals surface area contributed by atoms with Gasteiger partial charge < -0.3 is 20.6 Å². The number of nitrogens with zero attached hydrogens (tertiary/aromatic N) is 1. The number of aromatic nitrogens is 1. The monoisotopic (exact) mass is 634 g/mol. The molecule has 1 aromatic rings. The maximum Gasteiger partial charge on any atom is 0.220 e. The molecule has 0 aromatic carbocycles. The minimum atomic E-state index is -1.13. The summed E-state index contributed by atoms with van der Waals surface area (Å²) in [6.07, 6.45) is 34.3. The van der Waals surface area contributed by atoms with Crippen LogP contribution in [0.15, 0.2) is 30.6 Å². The van der Waals surface area contributed by atoms with E-state index in [2.05, 4.69) is 47.4 Å². The van der Waals surface area contributed by atoms with Gasteiger partial charge >= 0.3 is 0 Å². The number of rotatable bonds is 33. The molecular weight excluding hydrogens is 560 g/mol. The maximum absolute atomic E-state index is 12.4. The number of aryl methyl sites for hydroxylation is 1. The second-order valence-electron chi connectivity index (χ2n) is 13.6.